The number of ketones is 1. The van der Waals surface area contributed by atoms with Gasteiger partial charge in [-0.05, 0) is 67.9 Å². The van der Waals surface area contributed by atoms with Gasteiger partial charge in [-0.1, -0.05) is 6.07 Å². The van der Waals surface area contributed by atoms with Crippen molar-refractivity contribution in [1.29, 1.82) is 0 Å². The van der Waals surface area contributed by atoms with Crippen molar-refractivity contribution in [2.45, 2.75) is 26.4 Å². The number of nitrogens with zero attached hydrogens (tertiary/aromatic N) is 2. The number of amides is 2. The Labute approximate surface area is 201 Å². The summed E-state index contributed by atoms with van der Waals surface area (Å²) >= 11 is 0. The van der Waals surface area contributed by atoms with E-state index in [2.05, 4.69) is 10.3 Å². The maximum absolute atomic E-state index is 13.3. The summed E-state index contributed by atoms with van der Waals surface area (Å²) < 4.78 is 24.4. The van der Waals surface area contributed by atoms with E-state index in [1.54, 1.807) is 44.3 Å². The summed E-state index contributed by atoms with van der Waals surface area (Å²) in [6.45, 7) is 3.01. The standard InChI is InChI=1S/C26H24FN3O5/c1-16-11-19(27)7-9-23(16)34-14-22(31)18-6-8-24-21(12-18)30(25(32)15-35-24)17(2)26(33)29-13-20-5-3-4-10-28-20/h3-12,17H,13-15H2,1-2H3,(H,29,33)/t17-/m0/s1. The third-order valence-corrected chi connectivity index (χ3v) is 5.59. The van der Waals surface area contributed by atoms with Crippen LogP contribution in [-0.4, -0.2) is 41.8 Å². The Kier molecular flexibility index (Phi) is 7.05. The number of carbonyl (C=O) groups excluding carboxylic acids is 3. The van der Waals surface area contributed by atoms with Gasteiger partial charge in [0.1, 0.15) is 23.4 Å². The zero-order chi connectivity index (χ0) is 24.9. The molecule has 2 heterocycles. The van der Waals surface area contributed by atoms with E-state index in [-0.39, 0.29) is 42.8 Å². The van der Waals surface area contributed by atoms with Crippen molar-refractivity contribution in [2.24, 2.45) is 0 Å². The van der Waals surface area contributed by atoms with Gasteiger partial charge in [0.15, 0.2) is 19.0 Å². The number of nitrogens with one attached hydrogen (secondary N) is 1. The molecule has 1 aliphatic rings. The van der Waals surface area contributed by atoms with E-state index in [4.69, 9.17) is 9.47 Å². The molecule has 0 spiro atoms. The Morgan fingerprint density at radius 2 is 2.03 bits per heavy atom. The number of carbonyl (C=O) groups is 3. The number of pyridine rings is 1. The first-order chi connectivity index (χ1) is 16.8. The first-order valence-electron chi connectivity index (χ1n) is 11.0. The summed E-state index contributed by atoms with van der Waals surface area (Å²) in [5.74, 6) is -0.720. The van der Waals surface area contributed by atoms with Gasteiger partial charge in [0.2, 0.25) is 5.91 Å². The van der Waals surface area contributed by atoms with Crippen molar-refractivity contribution < 1.29 is 28.2 Å². The van der Waals surface area contributed by atoms with Crippen LogP contribution >= 0.6 is 0 Å². The molecule has 1 aromatic heterocycles. The van der Waals surface area contributed by atoms with Crippen molar-refractivity contribution in [3.63, 3.8) is 0 Å². The lowest BCUT2D eigenvalue weighted by molar-refractivity contribution is -0.127. The zero-order valence-corrected chi connectivity index (χ0v) is 19.3. The quantitative estimate of drug-likeness (QED) is 0.501. The van der Waals surface area contributed by atoms with Gasteiger partial charge in [0.25, 0.3) is 5.91 Å². The predicted molar refractivity (Wildman–Crippen MR) is 126 cm³/mol. The van der Waals surface area contributed by atoms with E-state index >= 15 is 0 Å². The SMILES string of the molecule is Cc1cc(F)ccc1OCC(=O)c1ccc2c(c1)N([C@@H](C)C(=O)NCc1ccccn1)C(=O)CO2. The summed E-state index contributed by atoms with van der Waals surface area (Å²) in [4.78, 5) is 43.8. The van der Waals surface area contributed by atoms with Crippen LogP contribution in [0.4, 0.5) is 10.1 Å². The number of ether oxygens (including phenoxy) is 2. The van der Waals surface area contributed by atoms with Crippen molar-refractivity contribution in [3.05, 3.63) is 83.4 Å². The van der Waals surface area contributed by atoms with E-state index in [1.807, 2.05) is 6.07 Å². The molecule has 35 heavy (non-hydrogen) atoms. The highest BCUT2D eigenvalue weighted by atomic mass is 19.1. The molecule has 2 amide bonds. The summed E-state index contributed by atoms with van der Waals surface area (Å²) in [5, 5.41) is 2.78. The Balaban J connectivity index is 1.49. The summed E-state index contributed by atoms with van der Waals surface area (Å²) in [5.41, 5.74) is 1.86. The van der Waals surface area contributed by atoms with Crippen molar-refractivity contribution in [2.75, 3.05) is 18.1 Å². The van der Waals surface area contributed by atoms with E-state index in [9.17, 15) is 18.8 Å². The van der Waals surface area contributed by atoms with Crippen molar-refractivity contribution in [1.82, 2.24) is 10.3 Å². The topological polar surface area (TPSA) is 97.8 Å². The van der Waals surface area contributed by atoms with Crippen LogP contribution in [0.5, 0.6) is 11.5 Å². The molecule has 4 rings (SSSR count). The minimum Gasteiger partial charge on any atom is -0.485 e. The highest BCUT2D eigenvalue weighted by Gasteiger charge is 2.33. The number of rotatable bonds is 8. The molecule has 3 aromatic rings. The minimum atomic E-state index is -0.850. The van der Waals surface area contributed by atoms with Crippen LogP contribution in [0.3, 0.4) is 0 Å². The largest absolute Gasteiger partial charge is 0.485 e. The Morgan fingerprint density at radius 1 is 1.20 bits per heavy atom. The second-order valence-corrected chi connectivity index (χ2v) is 8.07. The number of Topliss-reactive ketones (excluding diaryl/α,β-unsaturated/α-hetero) is 1. The highest BCUT2D eigenvalue weighted by Crippen LogP contribution is 2.34. The molecule has 0 saturated heterocycles. The normalized spacial score (nSPS) is 13.5. The summed E-state index contributed by atoms with van der Waals surface area (Å²) in [6.07, 6.45) is 1.63. The maximum atomic E-state index is 13.3. The third-order valence-electron chi connectivity index (χ3n) is 5.59. The van der Waals surface area contributed by atoms with Gasteiger partial charge in [0, 0.05) is 11.8 Å². The number of hydrogen-bond donors (Lipinski definition) is 1. The van der Waals surface area contributed by atoms with E-state index < -0.39 is 11.9 Å². The molecule has 8 nitrogen and oxygen atoms in total. The fourth-order valence-corrected chi connectivity index (χ4v) is 3.72. The second kappa shape index (κ2) is 10.3. The molecule has 0 fully saturated rings. The van der Waals surface area contributed by atoms with Gasteiger partial charge in [-0.15, -0.1) is 0 Å². The van der Waals surface area contributed by atoms with E-state index in [0.717, 1.165) is 0 Å². The van der Waals surface area contributed by atoms with E-state index in [0.29, 0.717) is 28.4 Å². The molecule has 1 aliphatic heterocycles. The Hall–Kier alpha value is -4.27. The van der Waals surface area contributed by atoms with Crippen LogP contribution in [-0.2, 0) is 16.1 Å². The van der Waals surface area contributed by atoms with Gasteiger partial charge in [-0.25, -0.2) is 4.39 Å². The maximum Gasteiger partial charge on any atom is 0.265 e. The number of benzene rings is 2. The van der Waals surface area contributed by atoms with Crippen LogP contribution in [0, 0.1) is 12.7 Å². The van der Waals surface area contributed by atoms with Gasteiger partial charge in [-0.3, -0.25) is 24.3 Å². The van der Waals surface area contributed by atoms with Gasteiger partial charge in [0.05, 0.1) is 17.9 Å². The predicted octanol–water partition coefficient (Wildman–Crippen LogP) is 3.22. The van der Waals surface area contributed by atoms with Crippen LogP contribution in [0.1, 0.15) is 28.5 Å². The van der Waals surface area contributed by atoms with Crippen LogP contribution < -0.4 is 19.7 Å². The van der Waals surface area contributed by atoms with Gasteiger partial charge >= 0.3 is 0 Å². The molecule has 0 saturated carbocycles. The van der Waals surface area contributed by atoms with Crippen LogP contribution in [0.25, 0.3) is 0 Å². The molecule has 1 N–H and O–H groups in total. The number of anilines is 1. The fraction of sp³-hybridized carbons (Fsp3) is 0.231. The first-order valence-corrected chi connectivity index (χ1v) is 11.0. The van der Waals surface area contributed by atoms with E-state index in [1.165, 1.54) is 29.2 Å². The Morgan fingerprint density at radius 3 is 2.77 bits per heavy atom. The second-order valence-electron chi connectivity index (χ2n) is 8.07. The molecule has 0 aliphatic carbocycles. The monoisotopic (exact) mass is 477 g/mol. The Bertz CT molecular complexity index is 1270. The molecule has 0 radical (unpaired) electrons. The summed E-state index contributed by atoms with van der Waals surface area (Å²) in [6, 6.07) is 13.2. The van der Waals surface area contributed by atoms with Gasteiger partial charge < -0.3 is 14.8 Å². The average Bonchev–Trinajstić information content (AvgIpc) is 2.86. The molecule has 9 heteroatoms. The minimum absolute atomic E-state index is 0.216. The smallest absolute Gasteiger partial charge is 0.265 e. The molecule has 0 bridgehead atoms. The average molecular weight is 477 g/mol. The molecule has 0 unspecified atom stereocenters. The van der Waals surface area contributed by atoms with Crippen LogP contribution in [0.2, 0.25) is 0 Å². The first kappa shape index (κ1) is 23.9. The van der Waals surface area contributed by atoms with Crippen LogP contribution in [0.15, 0.2) is 60.8 Å². The lowest BCUT2D eigenvalue weighted by Crippen LogP contribution is -2.51. The van der Waals surface area contributed by atoms with Crippen molar-refractivity contribution in [3.8, 4) is 11.5 Å². The molecular formula is C26H24FN3O5. The molecule has 2 aromatic carbocycles. The zero-order valence-electron chi connectivity index (χ0n) is 19.3. The molecular weight excluding hydrogens is 453 g/mol. The highest BCUT2D eigenvalue weighted by molar-refractivity contribution is 6.05. The fourth-order valence-electron chi connectivity index (χ4n) is 3.72. The lowest BCUT2D eigenvalue weighted by atomic mass is 10.1. The lowest BCUT2D eigenvalue weighted by Gasteiger charge is -2.33. The number of aryl methyl sites for hydroxylation is 1. The third kappa shape index (κ3) is 5.46. The van der Waals surface area contributed by atoms with Gasteiger partial charge in [-0.2, -0.15) is 0 Å². The molecule has 1 atom stereocenters. The summed E-state index contributed by atoms with van der Waals surface area (Å²) in [7, 11) is 0. The number of aromatic nitrogens is 1. The number of hydrogen-bond acceptors (Lipinski definition) is 6. The number of halogens is 1. The van der Waals surface area contributed by atoms with Crippen molar-refractivity contribution >= 4 is 23.3 Å². The number of fused-ring (bicyclic) bond motifs is 1. The molecule has 180 valence electrons.